The van der Waals surface area contributed by atoms with E-state index in [0.717, 1.165) is 17.9 Å². The zero-order chi connectivity index (χ0) is 10.4. The molecular weight excluding hydrogens is 190 g/mol. The van der Waals surface area contributed by atoms with Gasteiger partial charge in [0.2, 0.25) is 0 Å². The molecule has 14 heavy (non-hydrogen) atoms. The summed E-state index contributed by atoms with van der Waals surface area (Å²) in [6.45, 7) is 6.01. The smallest absolute Gasteiger partial charge is 0.00953 e. The molecule has 0 heterocycles. The van der Waals surface area contributed by atoms with Crippen molar-refractivity contribution in [3.63, 3.8) is 0 Å². The van der Waals surface area contributed by atoms with Crippen LogP contribution in [0.2, 0.25) is 0 Å². The highest BCUT2D eigenvalue weighted by atomic mass is 32.2. The van der Waals surface area contributed by atoms with Crippen molar-refractivity contribution in [1.82, 2.24) is 5.32 Å². The fourth-order valence-corrected chi connectivity index (χ4v) is 2.80. The molecule has 0 aromatic rings. The van der Waals surface area contributed by atoms with Gasteiger partial charge in [-0.15, -0.1) is 0 Å². The van der Waals surface area contributed by atoms with Crippen LogP contribution in [-0.2, 0) is 0 Å². The van der Waals surface area contributed by atoms with E-state index >= 15 is 0 Å². The van der Waals surface area contributed by atoms with Gasteiger partial charge in [0.1, 0.15) is 0 Å². The highest BCUT2D eigenvalue weighted by Gasteiger charge is 2.28. The van der Waals surface area contributed by atoms with Crippen molar-refractivity contribution in [2.24, 2.45) is 11.8 Å². The van der Waals surface area contributed by atoms with Gasteiger partial charge in [-0.1, -0.05) is 13.8 Å². The first-order chi connectivity index (χ1) is 6.75. The maximum atomic E-state index is 3.71. The van der Waals surface area contributed by atoms with E-state index in [2.05, 4.69) is 25.4 Å². The number of hydrogen-bond acceptors (Lipinski definition) is 2. The van der Waals surface area contributed by atoms with Gasteiger partial charge in [-0.25, -0.2) is 0 Å². The van der Waals surface area contributed by atoms with Crippen molar-refractivity contribution in [2.45, 2.75) is 45.6 Å². The zero-order valence-corrected chi connectivity index (χ0v) is 10.7. The van der Waals surface area contributed by atoms with Crippen molar-refractivity contribution in [3.05, 3.63) is 0 Å². The Morgan fingerprint density at radius 1 is 1.21 bits per heavy atom. The Morgan fingerprint density at radius 2 is 2.00 bits per heavy atom. The van der Waals surface area contributed by atoms with Crippen LogP contribution in [0.3, 0.4) is 0 Å². The fourth-order valence-electron chi connectivity index (χ4n) is 2.31. The third-order valence-electron chi connectivity index (χ3n) is 3.65. The maximum absolute atomic E-state index is 3.71. The van der Waals surface area contributed by atoms with E-state index in [-0.39, 0.29) is 0 Å². The predicted octanol–water partition coefficient (Wildman–Crippen LogP) is 3.15. The number of unbranched alkanes of at least 4 members (excludes halogenated alkanes) is 1. The van der Waals surface area contributed by atoms with E-state index in [1.807, 2.05) is 11.8 Å². The molecule has 0 aliphatic heterocycles. The molecule has 0 bridgehead atoms. The Morgan fingerprint density at radius 3 is 2.57 bits per heavy atom. The van der Waals surface area contributed by atoms with E-state index < -0.39 is 0 Å². The maximum Gasteiger partial charge on any atom is 0.00953 e. The minimum Gasteiger partial charge on any atom is -0.314 e. The molecule has 0 saturated heterocycles. The topological polar surface area (TPSA) is 12.0 Å². The van der Waals surface area contributed by atoms with Gasteiger partial charge in [-0.2, -0.15) is 11.8 Å². The molecule has 2 heteroatoms. The number of thioether (sulfide) groups is 1. The molecule has 1 fully saturated rings. The third-order valence-corrected chi connectivity index (χ3v) is 4.34. The highest BCUT2D eigenvalue weighted by molar-refractivity contribution is 7.98. The lowest BCUT2D eigenvalue weighted by Gasteiger charge is -2.19. The summed E-state index contributed by atoms with van der Waals surface area (Å²) in [5, 5.41) is 3.71. The molecule has 1 saturated carbocycles. The average Bonchev–Trinajstić information content (AvgIpc) is 2.49. The Hall–Kier alpha value is 0.310. The molecule has 1 nitrogen and oxygen atoms in total. The van der Waals surface area contributed by atoms with E-state index in [1.165, 1.54) is 38.0 Å². The Kier molecular flexibility index (Phi) is 5.95. The summed E-state index contributed by atoms with van der Waals surface area (Å²) in [7, 11) is 0. The lowest BCUT2D eigenvalue weighted by molar-refractivity contribution is 0.369. The summed E-state index contributed by atoms with van der Waals surface area (Å²) in [6, 6.07) is 0.805. The molecule has 84 valence electrons. The lowest BCUT2D eigenvalue weighted by atomic mass is 9.98. The van der Waals surface area contributed by atoms with Crippen molar-refractivity contribution in [1.29, 1.82) is 0 Å². The second kappa shape index (κ2) is 6.73. The normalized spacial score (nSPS) is 32.4. The zero-order valence-electron chi connectivity index (χ0n) is 9.88. The molecule has 1 aliphatic carbocycles. The van der Waals surface area contributed by atoms with Crippen LogP contribution in [0.15, 0.2) is 0 Å². The molecule has 0 radical (unpaired) electrons. The van der Waals surface area contributed by atoms with E-state index in [9.17, 15) is 0 Å². The molecule has 0 spiro atoms. The molecule has 0 aromatic heterocycles. The predicted molar refractivity (Wildman–Crippen MR) is 67.0 cm³/mol. The molecule has 3 atom stereocenters. The number of nitrogens with one attached hydrogen (secondary N) is 1. The third kappa shape index (κ3) is 3.82. The van der Waals surface area contributed by atoms with Gasteiger partial charge in [0.05, 0.1) is 0 Å². The first-order valence-electron chi connectivity index (χ1n) is 5.98. The van der Waals surface area contributed by atoms with Crippen LogP contribution >= 0.6 is 11.8 Å². The first kappa shape index (κ1) is 12.4. The standard InChI is InChI=1S/C12H25NS/c1-10-6-7-12(11(10)2)13-8-4-5-9-14-3/h10-13H,4-9H2,1-3H3. The largest absolute Gasteiger partial charge is 0.314 e. The molecule has 0 aromatic carbocycles. The summed E-state index contributed by atoms with van der Waals surface area (Å²) < 4.78 is 0. The van der Waals surface area contributed by atoms with Crippen LogP contribution in [0.1, 0.15) is 39.5 Å². The van der Waals surface area contributed by atoms with Crippen molar-refractivity contribution < 1.29 is 0 Å². The van der Waals surface area contributed by atoms with Crippen LogP contribution < -0.4 is 5.32 Å². The average molecular weight is 215 g/mol. The van der Waals surface area contributed by atoms with Crippen LogP contribution in [-0.4, -0.2) is 24.6 Å². The monoisotopic (exact) mass is 215 g/mol. The van der Waals surface area contributed by atoms with Crippen LogP contribution in [0.5, 0.6) is 0 Å². The molecule has 1 aliphatic rings. The summed E-state index contributed by atoms with van der Waals surface area (Å²) in [5.41, 5.74) is 0. The Bertz CT molecular complexity index is 149. The van der Waals surface area contributed by atoms with Gasteiger partial charge in [0.25, 0.3) is 0 Å². The van der Waals surface area contributed by atoms with Crippen LogP contribution in [0.4, 0.5) is 0 Å². The Labute approximate surface area is 93.4 Å². The molecular formula is C12H25NS. The summed E-state index contributed by atoms with van der Waals surface area (Å²) in [5.74, 6) is 3.13. The highest BCUT2D eigenvalue weighted by Crippen LogP contribution is 2.30. The summed E-state index contributed by atoms with van der Waals surface area (Å²) in [4.78, 5) is 0. The van der Waals surface area contributed by atoms with Gasteiger partial charge in [-0.3, -0.25) is 0 Å². The molecule has 1 N–H and O–H groups in total. The van der Waals surface area contributed by atoms with Gasteiger partial charge in [0, 0.05) is 6.04 Å². The van der Waals surface area contributed by atoms with E-state index in [0.29, 0.717) is 0 Å². The molecule has 0 amide bonds. The van der Waals surface area contributed by atoms with Gasteiger partial charge in [-0.05, 0) is 56.1 Å². The molecule has 3 unspecified atom stereocenters. The van der Waals surface area contributed by atoms with Crippen LogP contribution in [0, 0.1) is 11.8 Å². The van der Waals surface area contributed by atoms with Crippen molar-refractivity contribution >= 4 is 11.8 Å². The summed E-state index contributed by atoms with van der Waals surface area (Å²) in [6.07, 6.45) is 7.71. The van der Waals surface area contributed by atoms with Gasteiger partial charge >= 0.3 is 0 Å². The minimum atomic E-state index is 0.805. The first-order valence-corrected chi connectivity index (χ1v) is 7.37. The number of hydrogen-bond donors (Lipinski definition) is 1. The summed E-state index contributed by atoms with van der Waals surface area (Å²) >= 11 is 1.96. The molecule has 1 rings (SSSR count). The van der Waals surface area contributed by atoms with Crippen molar-refractivity contribution in [3.8, 4) is 0 Å². The fraction of sp³-hybridized carbons (Fsp3) is 1.00. The van der Waals surface area contributed by atoms with E-state index in [4.69, 9.17) is 0 Å². The van der Waals surface area contributed by atoms with Gasteiger partial charge < -0.3 is 5.32 Å². The number of rotatable bonds is 6. The van der Waals surface area contributed by atoms with Crippen LogP contribution in [0.25, 0.3) is 0 Å². The van der Waals surface area contributed by atoms with E-state index in [1.54, 1.807) is 0 Å². The second-order valence-electron chi connectivity index (χ2n) is 4.67. The Balaban J connectivity index is 2.01. The van der Waals surface area contributed by atoms with Crippen molar-refractivity contribution in [2.75, 3.05) is 18.6 Å². The lowest BCUT2D eigenvalue weighted by Crippen LogP contribution is -2.33. The quantitative estimate of drug-likeness (QED) is 0.683. The minimum absolute atomic E-state index is 0.805. The van der Waals surface area contributed by atoms with Gasteiger partial charge in [0.15, 0.2) is 0 Å². The SMILES string of the molecule is CSCCCCNC1CCC(C)C1C. The second-order valence-corrected chi connectivity index (χ2v) is 5.66.